The number of hydrogen-bond acceptors (Lipinski definition) is 2. The van der Waals surface area contributed by atoms with Crippen molar-refractivity contribution in [2.45, 2.75) is 39.0 Å². The third-order valence-corrected chi connectivity index (χ3v) is 2.57. The Kier molecular flexibility index (Phi) is 13.8. The van der Waals surface area contributed by atoms with E-state index in [0.717, 1.165) is 6.42 Å². The minimum Gasteiger partial charge on any atom is -0.466 e. The van der Waals surface area contributed by atoms with E-state index in [1.807, 2.05) is 30.4 Å². The fraction of sp³-hybridized carbons (Fsp3) is 0.389. The Hall–Kier alpha value is -1.83. The predicted molar refractivity (Wildman–Crippen MR) is 86.5 cm³/mol. The molecule has 0 aliphatic heterocycles. The van der Waals surface area contributed by atoms with Crippen LogP contribution in [0, 0.1) is 0 Å². The third kappa shape index (κ3) is 14.2. The number of rotatable bonds is 10. The number of hydrogen-bond donors (Lipinski definition) is 0. The Balaban J connectivity index is 3.65. The Morgan fingerprint density at radius 3 is 2.05 bits per heavy atom. The topological polar surface area (TPSA) is 26.3 Å². The van der Waals surface area contributed by atoms with Crippen LogP contribution in [0.15, 0.2) is 60.8 Å². The maximum absolute atomic E-state index is 10.8. The van der Waals surface area contributed by atoms with Gasteiger partial charge in [0.15, 0.2) is 0 Å². The molecule has 0 saturated carbocycles. The van der Waals surface area contributed by atoms with Crippen LogP contribution in [0.25, 0.3) is 0 Å². The van der Waals surface area contributed by atoms with E-state index in [4.69, 9.17) is 0 Å². The molecule has 0 unspecified atom stereocenters. The van der Waals surface area contributed by atoms with Gasteiger partial charge in [-0.25, -0.2) is 4.79 Å². The van der Waals surface area contributed by atoms with Crippen molar-refractivity contribution in [2.24, 2.45) is 0 Å². The van der Waals surface area contributed by atoms with E-state index in [1.165, 1.54) is 38.9 Å². The van der Waals surface area contributed by atoms with Gasteiger partial charge in [-0.05, 0) is 12.8 Å². The number of unbranched alkanes of at least 4 members (excludes halogenated alkanes) is 4. The number of esters is 1. The largest absolute Gasteiger partial charge is 0.466 e. The molecule has 20 heavy (non-hydrogen) atoms. The minimum absolute atomic E-state index is 0.345. The molecule has 0 aromatic heterocycles. The molecule has 0 rings (SSSR count). The quantitative estimate of drug-likeness (QED) is 0.245. The van der Waals surface area contributed by atoms with Crippen LogP contribution in [0.1, 0.15) is 39.0 Å². The van der Waals surface area contributed by atoms with Crippen LogP contribution in [0.5, 0.6) is 0 Å². The molecule has 0 spiro atoms. The van der Waals surface area contributed by atoms with Crippen LogP contribution in [-0.2, 0) is 9.53 Å². The molecular weight excluding hydrogens is 248 g/mol. The fourth-order valence-electron chi connectivity index (χ4n) is 1.45. The van der Waals surface area contributed by atoms with Gasteiger partial charge >= 0.3 is 5.97 Å². The van der Waals surface area contributed by atoms with E-state index in [0.29, 0.717) is 0 Å². The molecule has 2 nitrogen and oxygen atoms in total. The first-order valence-electron chi connectivity index (χ1n) is 7.22. The van der Waals surface area contributed by atoms with Crippen molar-refractivity contribution in [1.82, 2.24) is 0 Å². The second kappa shape index (κ2) is 15.2. The molecule has 0 saturated heterocycles. The second-order valence-corrected chi connectivity index (χ2v) is 4.31. The smallest absolute Gasteiger partial charge is 0.330 e. The van der Waals surface area contributed by atoms with Gasteiger partial charge in [-0.3, -0.25) is 0 Å². The van der Waals surface area contributed by atoms with Crippen molar-refractivity contribution in [1.29, 1.82) is 0 Å². The number of allylic oxidation sites excluding steroid dienone is 9. The molecule has 110 valence electrons. The molecule has 0 amide bonds. The summed E-state index contributed by atoms with van der Waals surface area (Å²) in [7, 11) is 1.36. The summed E-state index contributed by atoms with van der Waals surface area (Å²) in [6.45, 7) is 2.23. The van der Waals surface area contributed by atoms with Gasteiger partial charge in [0.1, 0.15) is 0 Å². The lowest BCUT2D eigenvalue weighted by Gasteiger charge is -1.92. The van der Waals surface area contributed by atoms with Crippen molar-refractivity contribution in [3.8, 4) is 0 Å². The molecule has 0 atom stereocenters. The average molecular weight is 274 g/mol. The third-order valence-electron chi connectivity index (χ3n) is 2.57. The van der Waals surface area contributed by atoms with Crippen molar-refractivity contribution < 1.29 is 9.53 Å². The zero-order chi connectivity index (χ0) is 14.9. The fourth-order valence-corrected chi connectivity index (χ4v) is 1.45. The molecule has 0 radical (unpaired) electrons. The highest BCUT2D eigenvalue weighted by Gasteiger charge is 1.85. The van der Waals surface area contributed by atoms with E-state index in [2.05, 4.69) is 23.8 Å². The monoisotopic (exact) mass is 274 g/mol. The first kappa shape index (κ1) is 18.2. The molecule has 2 heteroatoms. The summed E-state index contributed by atoms with van der Waals surface area (Å²) < 4.78 is 4.47. The molecule has 0 aliphatic rings. The van der Waals surface area contributed by atoms with E-state index in [9.17, 15) is 4.79 Å². The van der Waals surface area contributed by atoms with Crippen LogP contribution < -0.4 is 0 Å². The highest BCUT2D eigenvalue weighted by atomic mass is 16.5. The lowest BCUT2D eigenvalue weighted by Crippen LogP contribution is -1.92. The lowest BCUT2D eigenvalue weighted by molar-refractivity contribution is -0.134. The van der Waals surface area contributed by atoms with Gasteiger partial charge in [0, 0.05) is 6.08 Å². The molecule has 0 fully saturated rings. The highest BCUT2D eigenvalue weighted by Crippen LogP contribution is 2.02. The summed E-state index contributed by atoms with van der Waals surface area (Å²) in [5.41, 5.74) is 0. The SMILES string of the molecule is CCCCCC/C=C/C=C/C=C/C=C/C=C/C(=O)OC. The van der Waals surface area contributed by atoms with Gasteiger partial charge in [0.2, 0.25) is 0 Å². The van der Waals surface area contributed by atoms with Gasteiger partial charge in [-0.1, -0.05) is 80.9 Å². The molecule has 0 aliphatic carbocycles. The van der Waals surface area contributed by atoms with Crippen LogP contribution in [-0.4, -0.2) is 13.1 Å². The van der Waals surface area contributed by atoms with Gasteiger partial charge in [-0.2, -0.15) is 0 Å². The molecule has 0 bridgehead atoms. The van der Waals surface area contributed by atoms with E-state index >= 15 is 0 Å². The Bertz CT molecular complexity index is 371. The summed E-state index contributed by atoms with van der Waals surface area (Å²) >= 11 is 0. The van der Waals surface area contributed by atoms with Gasteiger partial charge in [0.05, 0.1) is 7.11 Å². The van der Waals surface area contributed by atoms with E-state index in [-0.39, 0.29) is 5.97 Å². The number of ether oxygens (including phenoxy) is 1. The predicted octanol–water partition coefficient (Wildman–Crippen LogP) is 4.91. The lowest BCUT2D eigenvalue weighted by atomic mass is 10.1. The van der Waals surface area contributed by atoms with E-state index < -0.39 is 0 Å². The van der Waals surface area contributed by atoms with Gasteiger partial charge in [-0.15, -0.1) is 0 Å². The summed E-state index contributed by atoms with van der Waals surface area (Å²) in [6, 6.07) is 0. The maximum atomic E-state index is 10.8. The molecule has 0 heterocycles. The molecule has 0 aromatic carbocycles. The van der Waals surface area contributed by atoms with E-state index in [1.54, 1.807) is 12.2 Å². The second-order valence-electron chi connectivity index (χ2n) is 4.31. The average Bonchev–Trinajstić information content (AvgIpc) is 2.47. The maximum Gasteiger partial charge on any atom is 0.330 e. The highest BCUT2D eigenvalue weighted by molar-refractivity contribution is 5.82. The first-order valence-corrected chi connectivity index (χ1v) is 7.22. The normalized spacial score (nSPS) is 12.7. The van der Waals surface area contributed by atoms with Gasteiger partial charge < -0.3 is 4.74 Å². The van der Waals surface area contributed by atoms with Crippen LogP contribution in [0.3, 0.4) is 0 Å². The van der Waals surface area contributed by atoms with Crippen LogP contribution >= 0.6 is 0 Å². The summed E-state index contributed by atoms with van der Waals surface area (Å²) in [4.78, 5) is 10.8. The zero-order valence-electron chi connectivity index (χ0n) is 12.6. The Morgan fingerprint density at radius 1 is 0.850 bits per heavy atom. The number of methoxy groups -OCH3 is 1. The molecule has 0 aromatic rings. The number of carbonyl (C=O) groups excluding carboxylic acids is 1. The summed E-state index contributed by atoms with van der Waals surface area (Å²) in [5, 5.41) is 0. The first-order chi connectivity index (χ1) is 9.81. The molecular formula is C18H26O2. The standard InChI is InChI=1S/C18H26O2/c1-3-4-5-6-7-8-9-10-11-12-13-14-15-16-17-18(19)20-2/h8-17H,3-7H2,1-2H3/b9-8+,11-10+,13-12+,15-14+,17-16+. The van der Waals surface area contributed by atoms with Crippen molar-refractivity contribution in [3.05, 3.63) is 60.8 Å². The van der Waals surface area contributed by atoms with Crippen LogP contribution in [0.2, 0.25) is 0 Å². The summed E-state index contributed by atoms with van der Waals surface area (Å²) in [5.74, 6) is -0.345. The van der Waals surface area contributed by atoms with Crippen molar-refractivity contribution in [2.75, 3.05) is 7.11 Å². The van der Waals surface area contributed by atoms with Crippen LogP contribution in [0.4, 0.5) is 0 Å². The Labute approximate surface area is 123 Å². The van der Waals surface area contributed by atoms with Crippen molar-refractivity contribution in [3.63, 3.8) is 0 Å². The zero-order valence-corrected chi connectivity index (χ0v) is 12.6. The summed E-state index contributed by atoms with van der Waals surface area (Å²) in [6.07, 6.45) is 25.2. The number of carbonyl (C=O) groups is 1. The van der Waals surface area contributed by atoms with Crippen molar-refractivity contribution >= 4 is 5.97 Å². The molecule has 0 N–H and O–H groups in total. The van der Waals surface area contributed by atoms with Gasteiger partial charge in [0.25, 0.3) is 0 Å². The Morgan fingerprint density at radius 2 is 1.45 bits per heavy atom. The minimum atomic E-state index is -0.345.